The van der Waals surface area contributed by atoms with Gasteiger partial charge in [0.25, 0.3) is 0 Å². The van der Waals surface area contributed by atoms with E-state index in [-0.39, 0.29) is 0 Å². The molecule has 0 fully saturated rings. The second kappa shape index (κ2) is 7.44. The number of hydrogen-bond acceptors (Lipinski definition) is 4. The van der Waals surface area contributed by atoms with Crippen molar-refractivity contribution in [1.29, 1.82) is 0 Å². The Hall–Kier alpha value is -3.18. The predicted octanol–water partition coefficient (Wildman–Crippen LogP) is 4.69. The highest BCUT2D eigenvalue weighted by Gasteiger charge is 2.24. The van der Waals surface area contributed by atoms with Crippen LogP contribution in [0, 0.1) is 0 Å². The van der Waals surface area contributed by atoms with Gasteiger partial charge in [0.15, 0.2) is 5.82 Å². The lowest BCUT2D eigenvalue weighted by atomic mass is 9.92. The number of benzene rings is 1. The number of pyridine rings is 1. The molecule has 0 saturated carbocycles. The number of fused-ring (bicyclic) bond motifs is 1. The standard InChI is InChI=1S/C23H22N4O/c1-2-12-24-23(11-1)27-21-9-4-8-20(19(21)16-26-27)25-15-17-6-3-7-18(14-17)22-10-5-13-28-22/h1-3,5-7,10-14,16,20,25H,4,8-9,15H2. The maximum Gasteiger partial charge on any atom is 0.153 e. The van der Waals surface area contributed by atoms with Crippen molar-refractivity contribution in [2.75, 3.05) is 0 Å². The lowest BCUT2D eigenvalue weighted by Gasteiger charge is -2.24. The van der Waals surface area contributed by atoms with Crippen molar-refractivity contribution in [3.05, 3.63) is 90.1 Å². The first-order valence-electron chi connectivity index (χ1n) is 9.73. The monoisotopic (exact) mass is 370 g/mol. The summed E-state index contributed by atoms with van der Waals surface area (Å²) in [7, 11) is 0. The maximum absolute atomic E-state index is 5.52. The molecule has 140 valence electrons. The van der Waals surface area contributed by atoms with E-state index in [0.29, 0.717) is 6.04 Å². The van der Waals surface area contributed by atoms with Crippen molar-refractivity contribution in [3.63, 3.8) is 0 Å². The molecule has 3 aromatic heterocycles. The first-order valence-corrected chi connectivity index (χ1v) is 9.73. The summed E-state index contributed by atoms with van der Waals surface area (Å²) in [5.74, 6) is 1.79. The number of furan rings is 1. The Morgan fingerprint density at radius 3 is 2.96 bits per heavy atom. The first-order chi connectivity index (χ1) is 13.9. The van der Waals surface area contributed by atoms with Crippen LogP contribution in [0.2, 0.25) is 0 Å². The summed E-state index contributed by atoms with van der Waals surface area (Å²) >= 11 is 0. The van der Waals surface area contributed by atoms with Gasteiger partial charge in [0, 0.05) is 29.9 Å². The molecule has 0 amide bonds. The van der Waals surface area contributed by atoms with Crippen molar-refractivity contribution >= 4 is 0 Å². The van der Waals surface area contributed by atoms with Crippen LogP contribution in [0.1, 0.15) is 35.7 Å². The summed E-state index contributed by atoms with van der Waals surface area (Å²) in [4.78, 5) is 4.45. The molecule has 5 heteroatoms. The Labute approximate surface area is 164 Å². The normalized spacial score (nSPS) is 16.1. The van der Waals surface area contributed by atoms with E-state index in [0.717, 1.165) is 42.9 Å². The van der Waals surface area contributed by atoms with Crippen LogP contribution in [0.5, 0.6) is 0 Å². The van der Waals surface area contributed by atoms with E-state index < -0.39 is 0 Å². The summed E-state index contributed by atoms with van der Waals surface area (Å²) in [5.41, 5.74) is 4.92. The van der Waals surface area contributed by atoms with E-state index in [4.69, 9.17) is 4.42 Å². The molecule has 1 aliphatic carbocycles. The van der Waals surface area contributed by atoms with Gasteiger partial charge in [-0.2, -0.15) is 5.10 Å². The highest BCUT2D eigenvalue weighted by molar-refractivity contribution is 5.58. The van der Waals surface area contributed by atoms with Crippen molar-refractivity contribution in [3.8, 4) is 17.1 Å². The second-order valence-electron chi connectivity index (χ2n) is 7.15. The Morgan fingerprint density at radius 2 is 2.11 bits per heavy atom. The van der Waals surface area contributed by atoms with Crippen molar-refractivity contribution in [2.45, 2.75) is 31.8 Å². The molecule has 1 N–H and O–H groups in total. The Balaban J connectivity index is 1.34. The van der Waals surface area contributed by atoms with Crippen molar-refractivity contribution in [1.82, 2.24) is 20.1 Å². The van der Waals surface area contributed by atoms with Gasteiger partial charge in [0.1, 0.15) is 5.76 Å². The van der Waals surface area contributed by atoms with Gasteiger partial charge in [-0.25, -0.2) is 9.67 Å². The molecule has 1 aromatic carbocycles. The predicted molar refractivity (Wildman–Crippen MR) is 108 cm³/mol. The van der Waals surface area contributed by atoms with Crippen LogP contribution in [-0.4, -0.2) is 14.8 Å². The van der Waals surface area contributed by atoms with Gasteiger partial charge in [-0.3, -0.25) is 0 Å². The molecule has 1 atom stereocenters. The highest BCUT2D eigenvalue weighted by atomic mass is 16.3. The largest absolute Gasteiger partial charge is 0.464 e. The van der Waals surface area contributed by atoms with E-state index in [9.17, 15) is 0 Å². The van der Waals surface area contributed by atoms with Crippen LogP contribution >= 0.6 is 0 Å². The number of nitrogens with zero attached hydrogens (tertiary/aromatic N) is 3. The Morgan fingerprint density at radius 1 is 1.11 bits per heavy atom. The topological polar surface area (TPSA) is 55.9 Å². The first kappa shape index (κ1) is 17.0. The molecule has 0 bridgehead atoms. The number of rotatable bonds is 5. The maximum atomic E-state index is 5.52. The van der Waals surface area contributed by atoms with Gasteiger partial charge in [0.05, 0.1) is 18.2 Å². The zero-order chi connectivity index (χ0) is 18.8. The Bertz CT molecular complexity index is 1050. The lowest BCUT2D eigenvalue weighted by Crippen LogP contribution is -2.25. The average molecular weight is 370 g/mol. The molecule has 0 aliphatic heterocycles. The zero-order valence-corrected chi connectivity index (χ0v) is 15.6. The molecule has 0 saturated heterocycles. The third-order valence-electron chi connectivity index (χ3n) is 5.33. The van der Waals surface area contributed by atoms with Crippen molar-refractivity contribution in [2.24, 2.45) is 0 Å². The molecule has 3 heterocycles. The summed E-state index contributed by atoms with van der Waals surface area (Å²) in [6, 6.07) is 18.7. The highest BCUT2D eigenvalue weighted by Crippen LogP contribution is 2.31. The van der Waals surface area contributed by atoms with Crippen LogP contribution in [0.3, 0.4) is 0 Å². The second-order valence-corrected chi connectivity index (χ2v) is 7.15. The summed E-state index contributed by atoms with van der Waals surface area (Å²) in [6.45, 7) is 0.813. The molecule has 5 nitrogen and oxygen atoms in total. The third kappa shape index (κ3) is 3.25. The van der Waals surface area contributed by atoms with Gasteiger partial charge < -0.3 is 9.73 Å². The van der Waals surface area contributed by atoms with Crippen LogP contribution in [0.4, 0.5) is 0 Å². The fourth-order valence-electron chi connectivity index (χ4n) is 3.96. The molecule has 0 spiro atoms. The molecule has 1 aliphatic rings. The molecule has 1 unspecified atom stereocenters. The van der Waals surface area contributed by atoms with Gasteiger partial charge in [-0.1, -0.05) is 24.3 Å². The minimum absolute atomic E-state index is 0.313. The third-order valence-corrected chi connectivity index (χ3v) is 5.33. The molecule has 28 heavy (non-hydrogen) atoms. The molecule has 5 rings (SSSR count). The van der Waals surface area contributed by atoms with E-state index in [1.54, 1.807) is 6.26 Å². The quantitative estimate of drug-likeness (QED) is 0.553. The lowest BCUT2D eigenvalue weighted by molar-refractivity contribution is 0.454. The SMILES string of the molecule is c1ccc(-n2ncc3c2CCCC3NCc2cccc(-c3ccco3)c2)nc1. The molecular formula is C23H22N4O. The average Bonchev–Trinajstić information content (AvgIpc) is 3.43. The number of hydrogen-bond donors (Lipinski definition) is 1. The minimum Gasteiger partial charge on any atom is -0.464 e. The smallest absolute Gasteiger partial charge is 0.153 e. The zero-order valence-electron chi connectivity index (χ0n) is 15.6. The van der Waals surface area contributed by atoms with E-state index in [1.165, 1.54) is 16.8 Å². The van der Waals surface area contributed by atoms with Crippen LogP contribution < -0.4 is 5.32 Å². The van der Waals surface area contributed by atoms with Gasteiger partial charge in [0.2, 0.25) is 0 Å². The molecular weight excluding hydrogens is 348 g/mol. The van der Waals surface area contributed by atoms with Gasteiger partial charge in [-0.15, -0.1) is 0 Å². The van der Waals surface area contributed by atoms with Crippen LogP contribution in [0.15, 0.2) is 77.7 Å². The summed E-state index contributed by atoms with van der Waals surface area (Å²) in [6.07, 6.45) is 8.84. The van der Waals surface area contributed by atoms with E-state index in [2.05, 4.69) is 39.7 Å². The molecule has 4 aromatic rings. The van der Waals surface area contributed by atoms with Crippen molar-refractivity contribution < 1.29 is 4.42 Å². The fraction of sp³-hybridized carbons (Fsp3) is 0.217. The van der Waals surface area contributed by atoms with Crippen LogP contribution in [0.25, 0.3) is 17.1 Å². The number of nitrogens with one attached hydrogen (secondary N) is 1. The minimum atomic E-state index is 0.313. The van der Waals surface area contributed by atoms with Crippen LogP contribution in [-0.2, 0) is 13.0 Å². The Kier molecular flexibility index (Phi) is 4.51. The van der Waals surface area contributed by atoms with E-state index >= 15 is 0 Å². The van der Waals surface area contributed by atoms with E-state index in [1.807, 2.05) is 47.4 Å². The fourth-order valence-corrected chi connectivity index (χ4v) is 3.96. The van der Waals surface area contributed by atoms with Gasteiger partial charge >= 0.3 is 0 Å². The van der Waals surface area contributed by atoms with Gasteiger partial charge in [-0.05, 0) is 55.2 Å². The summed E-state index contributed by atoms with van der Waals surface area (Å²) in [5, 5.41) is 8.35. The number of aromatic nitrogens is 3. The molecule has 0 radical (unpaired) electrons. The summed E-state index contributed by atoms with van der Waals surface area (Å²) < 4.78 is 7.51.